The van der Waals surface area contributed by atoms with Crippen molar-refractivity contribution in [2.75, 3.05) is 23.0 Å². The van der Waals surface area contributed by atoms with Crippen molar-refractivity contribution in [3.05, 3.63) is 100.0 Å². The van der Waals surface area contributed by atoms with Crippen LogP contribution < -0.4 is 10.2 Å². The van der Waals surface area contributed by atoms with Crippen LogP contribution in [0, 0.1) is 6.92 Å². The van der Waals surface area contributed by atoms with Crippen molar-refractivity contribution in [3.63, 3.8) is 0 Å². The van der Waals surface area contributed by atoms with Crippen molar-refractivity contribution in [2.24, 2.45) is 0 Å². The Bertz CT molecular complexity index is 1250. The fraction of sp³-hybridized carbons (Fsp3) is 0.290. The number of hydrogen-bond donors (Lipinski definition) is 1. The van der Waals surface area contributed by atoms with E-state index in [0.717, 1.165) is 33.9 Å². The van der Waals surface area contributed by atoms with Crippen molar-refractivity contribution in [3.8, 4) is 0 Å². The number of carbonyl (C=O) groups is 2. The summed E-state index contributed by atoms with van der Waals surface area (Å²) in [4.78, 5) is 29.7. The number of thioether (sulfide) groups is 2. The third-order valence-electron chi connectivity index (χ3n) is 6.12. The number of benzene rings is 3. The molecule has 1 N–H and O–H groups in total. The molecule has 1 aliphatic heterocycles. The van der Waals surface area contributed by atoms with E-state index < -0.39 is 0 Å². The highest BCUT2D eigenvalue weighted by molar-refractivity contribution is 8.04. The summed E-state index contributed by atoms with van der Waals surface area (Å²) < 4.78 is 0. The summed E-state index contributed by atoms with van der Waals surface area (Å²) in [6, 6.07) is 23.8. The van der Waals surface area contributed by atoms with Gasteiger partial charge in [-0.3, -0.25) is 9.59 Å². The number of unbranched alkanes of at least 4 members (excludes halogenated alkanes) is 1. The smallest absolute Gasteiger partial charge is 0.265 e. The van der Waals surface area contributed by atoms with E-state index in [-0.39, 0.29) is 11.8 Å². The molecule has 2 amide bonds. The van der Waals surface area contributed by atoms with Crippen LogP contribution in [-0.2, 0) is 11.3 Å². The minimum atomic E-state index is -0.0564. The number of nitrogens with zero attached hydrogens (tertiary/aromatic N) is 1. The number of para-hydroxylation sites is 1. The molecule has 4 rings (SSSR count). The molecule has 0 radical (unpaired) electrons. The zero-order valence-corrected chi connectivity index (χ0v) is 23.2. The van der Waals surface area contributed by atoms with E-state index in [1.807, 2.05) is 71.3 Å². The van der Waals surface area contributed by atoms with E-state index >= 15 is 0 Å². The van der Waals surface area contributed by atoms with Crippen LogP contribution in [0.4, 0.5) is 5.69 Å². The molecule has 192 valence electrons. The van der Waals surface area contributed by atoms with E-state index in [9.17, 15) is 9.59 Å². The Morgan fingerprint density at radius 1 is 1.00 bits per heavy atom. The molecular weight excluding hydrogens is 496 g/mol. The lowest BCUT2D eigenvalue weighted by molar-refractivity contribution is -0.114. The van der Waals surface area contributed by atoms with Crippen LogP contribution in [0.25, 0.3) is 6.08 Å². The molecular formula is C31H34N2O2S2. The van der Waals surface area contributed by atoms with Gasteiger partial charge < -0.3 is 10.2 Å². The van der Waals surface area contributed by atoms with Gasteiger partial charge in [-0.25, -0.2) is 0 Å². The Balaban J connectivity index is 1.42. The monoisotopic (exact) mass is 530 g/mol. The summed E-state index contributed by atoms with van der Waals surface area (Å²) in [7, 11) is 0. The van der Waals surface area contributed by atoms with Gasteiger partial charge in [-0.05, 0) is 72.7 Å². The number of fused-ring (bicyclic) bond motifs is 1. The fourth-order valence-corrected chi connectivity index (χ4v) is 6.23. The average molecular weight is 531 g/mol. The number of hydrogen-bond acceptors (Lipinski definition) is 4. The second-order valence-corrected chi connectivity index (χ2v) is 11.5. The van der Waals surface area contributed by atoms with Crippen LogP contribution in [0.1, 0.15) is 53.2 Å². The topological polar surface area (TPSA) is 49.4 Å². The highest BCUT2D eigenvalue weighted by atomic mass is 32.2. The SMILES string of the molecule is CCCCSCCCNC(=O)c1ccc(/C=C2/Sc3ccccc3N(Cc3cccc(C)c3)C2=O)cc1. The van der Waals surface area contributed by atoms with Crippen molar-refractivity contribution in [1.82, 2.24) is 5.32 Å². The standard InChI is InChI=1S/C31H34N2O2S2/c1-3-4-18-36-19-8-17-32-30(34)26-15-13-24(14-16-26)21-29-31(35)33(22-25-10-7-9-23(2)20-25)27-11-5-6-12-28(27)37-29/h5-7,9-16,20-21H,3-4,8,17-19,22H2,1-2H3,(H,32,34)/b29-21+. The van der Waals surface area contributed by atoms with Gasteiger partial charge in [0.15, 0.2) is 0 Å². The molecule has 1 heterocycles. The molecule has 0 aliphatic carbocycles. The zero-order valence-electron chi connectivity index (χ0n) is 21.5. The summed E-state index contributed by atoms with van der Waals surface area (Å²) in [6.45, 7) is 5.47. The fourth-order valence-electron chi connectivity index (χ4n) is 4.12. The number of aryl methyl sites for hydroxylation is 1. The van der Waals surface area contributed by atoms with E-state index in [2.05, 4.69) is 43.4 Å². The first-order chi connectivity index (χ1) is 18.0. The van der Waals surface area contributed by atoms with Crippen molar-refractivity contribution in [2.45, 2.75) is 44.6 Å². The summed E-state index contributed by atoms with van der Waals surface area (Å²) in [5, 5.41) is 3.01. The molecule has 0 atom stereocenters. The summed E-state index contributed by atoms with van der Waals surface area (Å²) in [5.74, 6) is 2.20. The van der Waals surface area contributed by atoms with Gasteiger partial charge in [0, 0.05) is 17.0 Å². The molecule has 3 aromatic rings. The molecule has 3 aromatic carbocycles. The van der Waals surface area contributed by atoms with Crippen LogP contribution in [0.5, 0.6) is 0 Å². The largest absolute Gasteiger partial charge is 0.352 e. The van der Waals surface area contributed by atoms with Gasteiger partial charge in [-0.15, -0.1) is 0 Å². The van der Waals surface area contributed by atoms with Gasteiger partial charge in [0.1, 0.15) is 0 Å². The Morgan fingerprint density at radius 3 is 2.57 bits per heavy atom. The highest BCUT2D eigenvalue weighted by Crippen LogP contribution is 2.42. The lowest BCUT2D eigenvalue weighted by Crippen LogP contribution is -2.33. The molecule has 37 heavy (non-hydrogen) atoms. The highest BCUT2D eigenvalue weighted by Gasteiger charge is 2.29. The van der Waals surface area contributed by atoms with Gasteiger partial charge in [0.2, 0.25) is 0 Å². The van der Waals surface area contributed by atoms with E-state index in [0.29, 0.717) is 23.6 Å². The van der Waals surface area contributed by atoms with Crippen molar-refractivity contribution >= 4 is 47.1 Å². The summed E-state index contributed by atoms with van der Waals surface area (Å²) in [5.41, 5.74) is 4.75. The number of amides is 2. The van der Waals surface area contributed by atoms with Crippen molar-refractivity contribution < 1.29 is 9.59 Å². The lowest BCUT2D eigenvalue weighted by atomic mass is 10.1. The minimum Gasteiger partial charge on any atom is -0.352 e. The minimum absolute atomic E-state index is 0.0103. The predicted molar refractivity (Wildman–Crippen MR) is 158 cm³/mol. The molecule has 6 heteroatoms. The first-order valence-corrected chi connectivity index (χ1v) is 14.8. The van der Waals surface area contributed by atoms with Crippen LogP contribution >= 0.6 is 23.5 Å². The number of carbonyl (C=O) groups excluding carboxylic acids is 2. The summed E-state index contributed by atoms with van der Waals surface area (Å²) in [6.07, 6.45) is 5.37. The molecule has 0 unspecified atom stereocenters. The maximum Gasteiger partial charge on any atom is 0.265 e. The second kappa shape index (κ2) is 13.5. The molecule has 0 spiro atoms. The first-order valence-electron chi connectivity index (χ1n) is 12.9. The van der Waals surface area contributed by atoms with Crippen LogP contribution in [0.2, 0.25) is 0 Å². The molecule has 0 bridgehead atoms. The predicted octanol–water partition coefficient (Wildman–Crippen LogP) is 7.33. The third kappa shape index (κ3) is 7.53. The molecule has 0 fully saturated rings. The van der Waals surface area contributed by atoms with E-state index in [1.165, 1.54) is 35.9 Å². The summed E-state index contributed by atoms with van der Waals surface area (Å²) >= 11 is 3.45. The number of rotatable bonds is 11. The molecule has 0 aromatic heterocycles. The van der Waals surface area contributed by atoms with Gasteiger partial charge in [0.05, 0.1) is 17.1 Å². The normalized spacial score (nSPS) is 14.1. The van der Waals surface area contributed by atoms with Crippen LogP contribution in [0.3, 0.4) is 0 Å². The van der Waals surface area contributed by atoms with Gasteiger partial charge in [-0.2, -0.15) is 11.8 Å². The van der Waals surface area contributed by atoms with Gasteiger partial charge >= 0.3 is 0 Å². The molecule has 1 aliphatic rings. The quantitative estimate of drug-likeness (QED) is 0.208. The van der Waals surface area contributed by atoms with Gasteiger partial charge in [-0.1, -0.05) is 79.2 Å². The third-order valence-corrected chi connectivity index (χ3v) is 8.35. The first kappa shape index (κ1) is 27.1. The Kier molecular flexibility index (Phi) is 9.92. The van der Waals surface area contributed by atoms with Crippen molar-refractivity contribution in [1.29, 1.82) is 0 Å². The number of anilines is 1. The number of nitrogens with one attached hydrogen (secondary N) is 1. The Hall–Kier alpha value is -2.96. The zero-order chi connectivity index (χ0) is 26.0. The molecule has 0 saturated heterocycles. The van der Waals surface area contributed by atoms with Crippen LogP contribution in [-0.4, -0.2) is 29.9 Å². The van der Waals surface area contributed by atoms with E-state index in [4.69, 9.17) is 0 Å². The van der Waals surface area contributed by atoms with E-state index in [1.54, 1.807) is 0 Å². The van der Waals surface area contributed by atoms with Crippen LogP contribution in [0.15, 0.2) is 82.6 Å². The molecule has 0 saturated carbocycles. The Labute approximate surface area is 228 Å². The molecule has 4 nitrogen and oxygen atoms in total. The average Bonchev–Trinajstić information content (AvgIpc) is 2.91. The lowest BCUT2D eigenvalue weighted by Gasteiger charge is -2.30. The maximum atomic E-state index is 13.6. The second-order valence-electron chi connectivity index (χ2n) is 9.16. The Morgan fingerprint density at radius 2 is 1.78 bits per heavy atom. The van der Waals surface area contributed by atoms with Gasteiger partial charge in [0.25, 0.3) is 11.8 Å². The maximum absolute atomic E-state index is 13.6.